The van der Waals surface area contributed by atoms with E-state index in [0.717, 1.165) is 0 Å². The molecular weight excluding hydrogens is 260 g/mol. The third kappa shape index (κ3) is 4.63. The highest BCUT2D eigenvalue weighted by atomic mass is 16.4. The number of carboxylic acids is 1. The molecule has 2 unspecified atom stereocenters. The summed E-state index contributed by atoms with van der Waals surface area (Å²) in [4.78, 5) is 22.8. The van der Waals surface area contributed by atoms with E-state index in [0.29, 0.717) is 5.56 Å². The van der Waals surface area contributed by atoms with Gasteiger partial charge in [-0.2, -0.15) is 0 Å². The van der Waals surface area contributed by atoms with Crippen molar-refractivity contribution in [2.24, 2.45) is 5.73 Å². The van der Waals surface area contributed by atoms with Crippen LogP contribution >= 0.6 is 0 Å². The first-order chi connectivity index (χ1) is 9.43. The number of carbonyl (C=O) groups is 2. The smallest absolute Gasteiger partial charge is 0.326 e. The van der Waals surface area contributed by atoms with Gasteiger partial charge in [-0.1, -0.05) is 12.1 Å². The Kier molecular flexibility index (Phi) is 5.56. The standard InChI is InChI=1S/C14H16N2O4/c1-2-3-11(15)13(18)16-12(14(19)20)8-9-4-6-10(17)7-5-9/h1,4-7,11-12,17H,3,8,15H2,(H,16,18)(H,19,20). The number of aromatic hydroxyl groups is 1. The lowest BCUT2D eigenvalue weighted by atomic mass is 10.1. The first-order valence-corrected chi connectivity index (χ1v) is 5.94. The summed E-state index contributed by atoms with van der Waals surface area (Å²) < 4.78 is 0. The predicted octanol–water partition coefficient (Wildman–Crippen LogP) is -0.145. The summed E-state index contributed by atoms with van der Waals surface area (Å²) in [7, 11) is 0. The van der Waals surface area contributed by atoms with E-state index in [1.54, 1.807) is 12.1 Å². The van der Waals surface area contributed by atoms with Gasteiger partial charge in [-0.25, -0.2) is 4.79 Å². The lowest BCUT2D eigenvalue weighted by Crippen LogP contribution is -2.49. The largest absolute Gasteiger partial charge is 0.508 e. The Morgan fingerprint density at radius 2 is 1.95 bits per heavy atom. The lowest BCUT2D eigenvalue weighted by molar-refractivity contribution is -0.141. The molecule has 0 aromatic heterocycles. The van der Waals surface area contributed by atoms with Crippen LogP contribution in [0.1, 0.15) is 12.0 Å². The topological polar surface area (TPSA) is 113 Å². The fourth-order valence-electron chi connectivity index (χ4n) is 1.57. The van der Waals surface area contributed by atoms with Gasteiger partial charge in [-0.3, -0.25) is 4.79 Å². The molecule has 0 aliphatic rings. The molecule has 0 radical (unpaired) electrons. The quantitative estimate of drug-likeness (QED) is 0.540. The number of benzene rings is 1. The number of terminal acetylenes is 1. The van der Waals surface area contributed by atoms with Crippen molar-refractivity contribution in [3.05, 3.63) is 29.8 Å². The van der Waals surface area contributed by atoms with Gasteiger partial charge in [0.15, 0.2) is 0 Å². The predicted molar refractivity (Wildman–Crippen MR) is 72.8 cm³/mol. The molecule has 0 heterocycles. The van der Waals surface area contributed by atoms with E-state index < -0.39 is 24.0 Å². The molecule has 6 heteroatoms. The number of phenolic OH excluding ortho intramolecular Hbond substituents is 1. The van der Waals surface area contributed by atoms with Gasteiger partial charge < -0.3 is 21.3 Å². The Labute approximate surface area is 116 Å². The van der Waals surface area contributed by atoms with Crippen LogP contribution in [0, 0.1) is 12.3 Å². The summed E-state index contributed by atoms with van der Waals surface area (Å²) in [6, 6.07) is 4.02. The first kappa shape index (κ1) is 15.5. The molecule has 0 saturated carbocycles. The molecule has 106 valence electrons. The second-order valence-corrected chi connectivity index (χ2v) is 4.28. The molecule has 0 spiro atoms. The summed E-state index contributed by atoms with van der Waals surface area (Å²) in [5.74, 6) is 0.560. The van der Waals surface area contributed by atoms with E-state index in [4.69, 9.17) is 22.4 Å². The molecule has 0 bridgehead atoms. The highest BCUT2D eigenvalue weighted by Crippen LogP contribution is 2.11. The minimum absolute atomic E-state index is 0.0391. The van der Waals surface area contributed by atoms with Crippen LogP contribution in [0.4, 0.5) is 0 Å². The summed E-state index contributed by atoms with van der Waals surface area (Å²) in [6.45, 7) is 0. The Hall–Kier alpha value is -2.52. The van der Waals surface area contributed by atoms with Gasteiger partial charge >= 0.3 is 5.97 Å². The Balaban J connectivity index is 2.70. The summed E-state index contributed by atoms with van der Waals surface area (Å²) >= 11 is 0. The number of aliphatic carboxylic acids is 1. The number of nitrogens with two attached hydrogens (primary N) is 1. The van der Waals surface area contributed by atoms with Crippen molar-refractivity contribution in [1.82, 2.24) is 5.32 Å². The number of amides is 1. The van der Waals surface area contributed by atoms with E-state index in [9.17, 15) is 9.59 Å². The van der Waals surface area contributed by atoms with Crippen LogP contribution in [-0.2, 0) is 16.0 Å². The molecule has 1 aromatic rings. The van der Waals surface area contributed by atoms with E-state index >= 15 is 0 Å². The molecule has 0 aliphatic carbocycles. The molecule has 1 rings (SSSR count). The van der Waals surface area contributed by atoms with Crippen LogP contribution in [0.5, 0.6) is 5.75 Å². The second-order valence-electron chi connectivity index (χ2n) is 4.28. The van der Waals surface area contributed by atoms with Crippen molar-refractivity contribution in [2.75, 3.05) is 0 Å². The monoisotopic (exact) mass is 276 g/mol. The first-order valence-electron chi connectivity index (χ1n) is 5.94. The minimum Gasteiger partial charge on any atom is -0.508 e. The maximum Gasteiger partial charge on any atom is 0.326 e. The minimum atomic E-state index is -1.17. The van der Waals surface area contributed by atoms with Crippen LogP contribution in [0.25, 0.3) is 0 Å². The third-order valence-electron chi connectivity index (χ3n) is 2.67. The average Bonchev–Trinajstić information content (AvgIpc) is 2.40. The number of carbonyl (C=O) groups excluding carboxylic acids is 1. The number of hydrogen-bond donors (Lipinski definition) is 4. The number of rotatable bonds is 6. The summed E-state index contributed by atoms with van der Waals surface area (Å²) in [5.41, 5.74) is 6.18. The van der Waals surface area contributed by atoms with Crippen molar-refractivity contribution in [3.63, 3.8) is 0 Å². The normalized spacial score (nSPS) is 13.0. The average molecular weight is 276 g/mol. The molecule has 20 heavy (non-hydrogen) atoms. The van der Waals surface area contributed by atoms with Crippen LogP contribution in [-0.4, -0.2) is 34.2 Å². The van der Waals surface area contributed by atoms with E-state index in [2.05, 4.69) is 11.2 Å². The number of phenols is 1. The molecule has 1 amide bonds. The highest BCUT2D eigenvalue weighted by molar-refractivity contribution is 5.87. The van der Waals surface area contributed by atoms with Crippen LogP contribution < -0.4 is 11.1 Å². The number of nitrogens with one attached hydrogen (secondary N) is 1. The van der Waals surface area contributed by atoms with Gasteiger partial charge in [0.05, 0.1) is 6.04 Å². The molecule has 1 aromatic carbocycles. The third-order valence-corrected chi connectivity index (χ3v) is 2.67. The van der Waals surface area contributed by atoms with Crippen LogP contribution in [0.15, 0.2) is 24.3 Å². The fourth-order valence-corrected chi connectivity index (χ4v) is 1.57. The Morgan fingerprint density at radius 3 is 2.45 bits per heavy atom. The van der Waals surface area contributed by atoms with Gasteiger partial charge in [-0.05, 0) is 17.7 Å². The number of carboxylic acid groups (broad SMARTS) is 1. The van der Waals surface area contributed by atoms with Crippen molar-refractivity contribution >= 4 is 11.9 Å². The molecular formula is C14H16N2O4. The lowest BCUT2D eigenvalue weighted by Gasteiger charge is -2.17. The SMILES string of the molecule is C#CCC(N)C(=O)NC(Cc1ccc(O)cc1)C(=O)O. The maximum atomic E-state index is 11.7. The van der Waals surface area contributed by atoms with Crippen molar-refractivity contribution in [2.45, 2.75) is 24.9 Å². The van der Waals surface area contributed by atoms with Gasteiger partial charge in [0.25, 0.3) is 0 Å². The van der Waals surface area contributed by atoms with Gasteiger partial charge in [0, 0.05) is 12.8 Å². The van der Waals surface area contributed by atoms with E-state index in [1.165, 1.54) is 12.1 Å². The molecule has 6 nitrogen and oxygen atoms in total. The van der Waals surface area contributed by atoms with Crippen molar-refractivity contribution in [3.8, 4) is 18.1 Å². The van der Waals surface area contributed by atoms with Crippen LogP contribution in [0.3, 0.4) is 0 Å². The second kappa shape index (κ2) is 7.16. The summed E-state index contributed by atoms with van der Waals surface area (Å²) in [6.07, 6.45) is 5.17. The van der Waals surface area contributed by atoms with Crippen molar-refractivity contribution in [1.29, 1.82) is 0 Å². The summed E-state index contributed by atoms with van der Waals surface area (Å²) in [5, 5.41) is 20.6. The van der Waals surface area contributed by atoms with Crippen LogP contribution in [0.2, 0.25) is 0 Å². The number of hydrogen-bond acceptors (Lipinski definition) is 4. The van der Waals surface area contributed by atoms with Crippen molar-refractivity contribution < 1.29 is 19.8 Å². The highest BCUT2D eigenvalue weighted by Gasteiger charge is 2.23. The zero-order chi connectivity index (χ0) is 15.1. The molecule has 0 saturated heterocycles. The van der Waals surface area contributed by atoms with E-state index in [1.807, 2.05) is 0 Å². The zero-order valence-corrected chi connectivity index (χ0v) is 10.7. The Morgan fingerprint density at radius 1 is 1.35 bits per heavy atom. The Bertz CT molecular complexity index is 519. The van der Waals surface area contributed by atoms with Gasteiger partial charge in [0.2, 0.25) is 5.91 Å². The maximum absolute atomic E-state index is 11.7. The molecule has 2 atom stereocenters. The zero-order valence-electron chi connectivity index (χ0n) is 10.7. The van der Waals surface area contributed by atoms with Gasteiger partial charge in [-0.15, -0.1) is 12.3 Å². The van der Waals surface area contributed by atoms with E-state index in [-0.39, 0.29) is 18.6 Å². The molecule has 5 N–H and O–H groups in total. The van der Waals surface area contributed by atoms with Gasteiger partial charge in [0.1, 0.15) is 11.8 Å². The fraction of sp³-hybridized carbons (Fsp3) is 0.286. The molecule has 0 aliphatic heterocycles. The molecule has 0 fully saturated rings.